The highest BCUT2D eigenvalue weighted by atomic mass is 16.5. The third-order valence-electron chi connectivity index (χ3n) is 9.15. The van der Waals surface area contributed by atoms with Gasteiger partial charge in [0.05, 0.1) is 0 Å². The first-order chi connectivity index (χ1) is 11.9. The molecule has 0 bridgehead atoms. The lowest BCUT2D eigenvalue weighted by atomic mass is 9.45. The number of esters is 1. The van der Waals surface area contributed by atoms with Crippen molar-refractivity contribution in [3.8, 4) is 0 Å². The van der Waals surface area contributed by atoms with E-state index in [-0.39, 0.29) is 12.1 Å². The molecule has 4 aliphatic rings. The second-order valence-corrected chi connectivity index (χ2v) is 9.97. The van der Waals surface area contributed by atoms with Gasteiger partial charge in [-0.3, -0.25) is 4.79 Å². The Morgan fingerprint density at radius 3 is 2.60 bits per heavy atom. The van der Waals surface area contributed by atoms with Gasteiger partial charge in [0.2, 0.25) is 0 Å². The molecule has 2 heteroatoms. The van der Waals surface area contributed by atoms with Crippen molar-refractivity contribution >= 4 is 5.97 Å². The van der Waals surface area contributed by atoms with E-state index in [4.69, 9.17) is 4.74 Å². The van der Waals surface area contributed by atoms with Crippen LogP contribution in [-0.2, 0) is 9.53 Å². The second kappa shape index (κ2) is 6.13. The predicted molar refractivity (Wildman–Crippen MR) is 101 cm³/mol. The fraction of sp³-hybridized carbons (Fsp3) is 0.870. The third-order valence-corrected chi connectivity index (χ3v) is 9.15. The normalized spacial score (nSPS) is 50.7. The molecule has 7 atom stereocenters. The SMILES string of the molecule is C/C=C1\CCC2C3CCC4CC(OC(C)=O)CCC4(C)C3CCC12C. The van der Waals surface area contributed by atoms with Crippen molar-refractivity contribution in [2.75, 3.05) is 0 Å². The molecule has 4 saturated carbocycles. The van der Waals surface area contributed by atoms with Crippen LogP contribution in [0.25, 0.3) is 0 Å². The number of fused-ring (bicyclic) bond motifs is 5. The highest BCUT2D eigenvalue weighted by molar-refractivity contribution is 5.66. The van der Waals surface area contributed by atoms with Crippen molar-refractivity contribution in [1.82, 2.24) is 0 Å². The molecule has 7 unspecified atom stereocenters. The molecule has 0 aromatic carbocycles. The molecule has 25 heavy (non-hydrogen) atoms. The van der Waals surface area contributed by atoms with Crippen LogP contribution in [0.5, 0.6) is 0 Å². The van der Waals surface area contributed by atoms with E-state index in [2.05, 4.69) is 26.8 Å². The summed E-state index contributed by atoms with van der Waals surface area (Å²) in [6.07, 6.45) is 14.4. The number of hydrogen-bond donors (Lipinski definition) is 0. The summed E-state index contributed by atoms with van der Waals surface area (Å²) in [7, 11) is 0. The van der Waals surface area contributed by atoms with Gasteiger partial charge in [-0.1, -0.05) is 25.5 Å². The molecule has 0 radical (unpaired) electrons. The average Bonchev–Trinajstić information content (AvgIpc) is 2.91. The smallest absolute Gasteiger partial charge is 0.302 e. The van der Waals surface area contributed by atoms with Crippen molar-refractivity contribution in [1.29, 1.82) is 0 Å². The summed E-state index contributed by atoms with van der Waals surface area (Å²) in [4.78, 5) is 11.4. The van der Waals surface area contributed by atoms with Crippen LogP contribution in [0.1, 0.15) is 85.5 Å². The van der Waals surface area contributed by atoms with Gasteiger partial charge in [0.1, 0.15) is 6.10 Å². The van der Waals surface area contributed by atoms with Crippen molar-refractivity contribution in [2.45, 2.75) is 91.6 Å². The van der Waals surface area contributed by atoms with E-state index in [9.17, 15) is 4.79 Å². The minimum atomic E-state index is -0.0967. The number of carbonyl (C=O) groups is 1. The van der Waals surface area contributed by atoms with Crippen molar-refractivity contribution < 1.29 is 9.53 Å². The zero-order valence-electron chi connectivity index (χ0n) is 16.6. The van der Waals surface area contributed by atoms with Crippen LogP contribution < -0.4 is 0 Å². The van der Waals surface area contributed by atoms with Gasteiger partial charge in [0.25, 0.3) is 0 Å². The number of hydrogen-bond acceptors (Lipinski definition) is 2. The topological polar surface area (TPSA) is 26.3 Å². The Bertz CT molecular complexity index is 579. The maximum atomic E-state index is 11.4. The van der Waals surface area contributed by atoms with E-state index in [1.165, 1.54) is 44.9 Å². The van der Waals surface area contributed by atoms with Crippen LogP contribution in [0.3, 0.4) is 0 Å². The van der Waals surface area contributed by atoms with E-state index in [1.807, 2.05) is 0 Å². The van der Waals surface area contributed by atoms with Crippen molar-refractivity contribution in [3.05, 3.63) is 11.6 Å². The number of rotatable bonds is 1. The van der Waals surface area contributed by atoms with E-state index < -0.39 is 0 Å². The molecule has 2 nitrogen and oxygen atoms in total. The summed E-state index contributed by atoms with van der Waals surface area (Å²) in [6, 6.07) is 0. The number of carbonyl (C=O) groups excluding carboxylic acids is 1. The number of ether oxygens (including phenoxy) is 1. The van der Waals surface area contributed by atoms with Gasteiger partial charge in [0, 0.05) is 6.92 Å². The predicted octanol–water partition coefficient (Wildman–Crippen LogP) is 5.91. The maximum absolute atomic E-state index is 11.4. The molecule has 0 spiro atoms. The average molecular weight is 345 g/mol. The molecular weight excluding hydrogens is 308 g/mol. The lowest BCUT2D eigenvalue weighted by Gasteiger charge is -2.60. The van der Waals surface area contributed by atoms with Gasteiger partial charge in [-0.15, -0.1) is 0 Å². The zero-order chi connectivity index (χ0) is 17.8. The van der Waals surface area contributed by atoms with Crippen LogP contribution in [0.15, 0.2) is 11.6 Å². The first-order valence-electron chi connectivity index (χ1n) is 10.7. The Morgan fingerprint density at radius 1 is 1.08 bits per heavy atom. The van der Waals surface area contributed by atoms with Gasteiger partial charge in [-0.2, -0.15) is 0 Å². The molecule has 4 aliphatic carbocycles. The molecular formula is C23H36O2. The third kappa shape index (κ3) is 2.61. The fourth-order valence-corrected chi connectivity index (χ4v) is 7.88. The Hall–Kier alpha value is -0.790. The molecule has 4 fully saturated rings. The molecule has 0 heterocycles. The summed E-state index contributed by atoms with van der Waals surface area (Å²) in [5.41, 5.74) is 2.73. The standard InChI is InChI=1S/C23H36O2/c1-5-16-7-9-20-19-8-6-17-14-18(25-15(2)24)10-12-23(17,4)21(19)11-13-22(16,20)3/h5,17-21H,6-14H2,1-4H3/b16-5+. The van der Waals surface area contributed by atoms with Crippen LogP contribution in [0.4, 0.5) is 0 Å². The van der Waals surface area contributed by atoms with E-state index in [0.29, 0.717) is 10.8 Å². The molecule has 0 saturated heterocycles. The van der Waals surface area contributed by atoms with Crippen LogP contribution in [0, 0.1) is 34.5 Å². The van der Waals surface area contributed by atoms with Crippen LogP contribution in [0.2, 0.25) is 0 Å². The lowest BCUT2D eigenvalue weighted by Crippen LogP contribution is -2.53. The molecule has 4 rings (SSSR count). The summed E-state index contributed by atoms with van der Waals surface area (Å²) in [6.45, 7) is 8.98. The van der Waals surface area contributed by atoms with Gasteiger partial charge in [-0.25, -0.2) is 0 Å². The minimum Gasteiger partial charge on any atom is -0.463 e. The van der Waals surface area contributed by atoms with Gasteiger partial charge >= 0.3 is 5.97 Å². The van der Waals surface area contributed by atoms with Crippen LogP contribution in [-0.4, -0.2) is 12.1 Å². The van der Waals surface area contributed by atoms with Crippen molar-refractivity contribution in [2.24, 2.45) is 34.5 Å². The maximum Gasteiger partial charge on any atom is 0.302 e. The van der Waals surface area contributed by atoms with Gasteiger partial charge < -0.3 is 4.74 Å². The van der Waals surface area contributed by atoms with Crippen molar-refractivity contribution in [3.63, 3.8) is 0 Å². The Labute approximate surface area is 153 Å². The highest BCUT2D eigenvalue weighted by Crippen LogP contribution is 2.67. The summed E-state index contributed by atoms with van der Waals surface area (Å²) in [5.74, 6) is 3.42. The highest BCUT2D eigenvalue weighted by Gasteiger charge is 2.59. The first kappa shape index (κ1) is 17.6. The lowest BCUT2D eigenvalue weighted by molar-refractivity contribution is -0.158. The van der Waals surface area contributed by atoms with E-state index in [1.54, 1.807) is 12.5 Å². The Morgan fingerprint density at radius 2 is 1.88 bits per heavy atom. The first-order valence-corrected chi connectivity index (χ1v) is 10.7. The second-order valence-electron chi connectivity index (χ2n) is 9.97. The monoisotopic (exact) mass is 344 g/mol. The van der Waals surface area contributed by atoms with E-state index >= 15 is 0 Å². The Kier molecular flexibility index (Phi) is 4.32. The molecule has 0 amide bonds. The molecule has 140 valence electrons. The summed E-state index contributed by atoms with van der Waals surface area (Å²) >= 11 is 0. The molecule has 0 aliphatic heterocycles. The van der Waals surface area contributed by atoms with E-state index in [0.717, 1.165) is 36.5 Å². The summed E-state index contributed by atoms with van der Waals surface area (Å²) < 4.78 is 5.59. The molecule has 0 aromatic heterocycles. The summed E-state index contributed by atoms with van der Waals surface area (Å²) in [5, 5.41) is 0. The van der Waals surface area contributed by atoms with Gasteiger partial charge in [0.15, 0.2) is 0 Å². The fourth-order valence-electron chi connectivity index (χ4n) is 7.88. The zero-order valence-corrected chi connectivity index (χ0v) is 16.6. The quantitative estimate of drug-likeness (QED) is 0.437. The largest absolute Gasteiger partial charge is 0.463 e. The van der Waals surface area contributed by atoms with Crippen LogP contribution >= 0.6 is 0 Å². The Balaban J connectivity index is 1.55. The molecule has 0 N–H and O–H groups in total. The minimum absolute atomic E-state index is 0.0967. The van der Waals surface area contributed by atoms with Gasteiger partial charge in [-0.05, 0) is 99.2 Å². The number of allylic oxidation sites excluding steroid dienone is 2. The molecule has 0 aromatic rings.